The van der Waals surface area contributed by atoms with E-state index in [0.717, 1.165) is 49.1 Å². The molecule has 0 saturated carbocycles. The third-order valence-electron chi connectivity index (χ3n) is 4.89. The van der Waals surface area contributed by atoms with Gasteiger partial charge < -0.3 is 4.90 Å². The van der Waals surface area contributed by atoms with Gasteiger partial charge in [0.05, 0.1) is 16.2 Å². The molecule has 1 aliphatic rings. The fourth-order valence-electron chi connectivity index (χ4n) is 3.24. The first-order valence-electron chi connectivity index (χ1n) is 9.66. The predicted molar refractivity (Wildman–Crippen MR) is 117 cm³/mol. The lowest BCUT2D eigenvalue weighted by atomic mass is 10.1. The molecule has 32 heavy (non-hydrogen) atoms. The number of primary sulfonamides is 1. The van der Waals surface area contributed by atoms with E-state index in [1.54, 1.807) is 24.3 Å². The van der Waals surface area contributed by atoms with Gasteiger partial charge in [-0.2, -0.15) is 23.3 Å². The van der Waals surface area contributed by atoms with Gasteiger partial charge in [-0.15, -0.1) is 0 Å². The molecule has 0 unspecified atom stereocenters. The normalized spacial score (nSPS) is 15.9. The minimum absolute atomic E-state index is 0.0237. The second-order valence-corrected chi connectivity index (χ2v) is 8.49. The Morgan fingerprint density at radius 3 is 2.06 bits per heavy atom. The van der Waals surface area contributed by atoms with Crippen LogP contribution in [0.4, 0.5) is 24.5 Å². The van der Waals surface area contributed by atoms with Crippen LogP contribution in [0.25, 0.3) is 6.08 Å². The molecule has 1 amide bonds. The number of anilines is 2. The SMILES string of the molecule is CCN(CC)c1ccc(C=C2C(=O)N(c3ccc(S(N)(=O)=O)cc3)N=C2C(F)(F)F)cc1. The Labute approximate surface area is 183 Å². The average Bonchev–Trinajstić information content (AvgIpc) is 3.06. The molecular weight excluding hydrogens is 445 g/mol. The van der Waals surface area contributed by atoms with E-state index in [1.165, 1.54) is 0 Å². The number of amides is 1. The summed E-state index contributed by atoms with van der Waals surface area (Å²) in [6, 6.07) is 11.3. The Morgan fingerprint density at radius 2 is 1.59 bits per heavy atom. The lowest BCUT2D eigenvalue weighted by Gasteiger charge is -2.20. The van der Waals surface area contributed by atoms with Crippen LogP contribution in [0.15, 0.2) is 64.1 Å². The maximum atomic E-state index is 13.6. The molecule has 7 nitrogen and oxygen atoms in total. The fraction of sp³-hybridized carbons (Fsp3) is 0.238. The third kappa shape index (κ3) is 4.83. The van der Waals surface area contributed by atoms with Gasteiger partial charge in [-0.3, -0.25) is 4.79 Å². The van der Waals surface area contributed by atoms with E-state index in [2.05, 4.69) is 10.0 Å². The maximum Gasteiger partial charge on any atom is 0.435 e. The highest BCUT2D eigenvalue weighted by atomic mass is 32.2. The monoisotopic (exact) mass is 466 g/mol. The van der Waals surface area contributed by atoms with Crippen molar-refractivity contribution in [2.24, 2.45) is 10.2 Å². The van der Waals surface area contributed by atoms with Crippen LogP contribution in [0.5, 0.6) is 0 Å². The quantitative estimate of drug-likeness (QED) is 0.659. The first-order valence-corrected chi connectivity index (χ1v) is 11.2. The van der Waals surface area contributed by atoms with E-state index in [0.29, 0.717) is 10.6 Å². The van der Waals surface area contributed by atoms with E-state index in [9.17, 15) is 26.4 Å². The molecule has 1 heterocycles. The van der Waals surface area contributed by atoms with Crippen molar-refractivity contribution in [1.82, 2.24) is 0 Å². The van der Waals surface area contributed by atoms with Crippen molar-refractivity contribution in [2.45, 2.75) is 24.9 Å². The van der Waals surface area contributed by atoms with Crippen LogP contribution in [-0.4, -0.2) is 39.3 Å². The van der Waals surface area contributed by atoms with Crippen molar-refractivity contribution in [2.75, 3.05) is 23.0 Å². The number of nitrogens with zero attached hydrogens (tertiary/aromatic N) is 3. The van der Waals surface area contributed by atoms with Gasteiger partial charge >= 0.3 is 6.18 Å². The van der Waals surface area contributed by atoms with Crippen LogP contribution in [0.3, 0.4) is 0 Å². The fourth-order valence-corrected chi connectivity index (χ4v) is 3.76. The van der Waals surface area contributed by atoms with Gasteiger partial charge in [0, 0.05) is 18.8 Å². The van der Waals surface area contributed by atoms with E-state index in [4.69, 9.17) is 5.14 Å². The summed E-state index contributed by atoms with van der Waals surface area (Å²) in [5.41, 5.74) is -0.636. The van der Waals surface area contributed by atoms with Crippen LogP contribution < -0.4 is 15.0 Å². The molecule has 0 saturated heterocycles. The maximum absolute atomic E-state index is 13.6. The van der Waals surface area contributed by atoms with Crippen LogP contribution >= 0.6 is 0 Å². The molecule has 11 heteroatoms. The van der Waals surface area contributed by atoms with Gasteiger partial charge in [0.2, 0.25) is 10.0 Å². The van der Waals surface area contributed by atoms with Gasteiger partial charge in [-0.05, 0) is 61.9 Å². The molecule has 3 rings (SSSR count). The smallest absolute Gasteiger partial charge is 0.372 e. The number of carbonyl (C=O) groups excluding carboxylic acids is 1. The number of sulfonamides is 1. The molecule has 0 fully saturated rings. The van der Waals surface area contributed by atoms with Crippen molar-refractivity contribution < 1.29 is 26.4 Å². The number of rotatable bonds is 6. The highest BCUT2D eigenvalue weighted by Gasteiger charge is 2.46. The zero-order chi connectivity index (χ0) is 23.7. The number of carbonyl (C=O) groups is 1. The molecule has 2 aromatic rings. The minimum Gasteiger partial charge on any atom is -0.372 e. The van der Waals surface area contributed by atoms with Crippen molar-refractivity contribution in [3.05, 3.63) is 59.7 Å². The molecule has 2 N–H and O–H groups in total. The van der Waals surface area contributed by atoms with Crippen molar-refractivity contribution in [3.63, 3.8) is 0 Å². The van der Waals surface area contributed by atoms with Crippen molar-refractivity contribution in [3.8, 4) is 0 Å². The average molecular weight is 466 g/mol. The van der Waals surface area contributed by atoms with Crippen molar-refractivity contribution in [1.29, 1.82) is 0 Å². The Morgan fingerprint density at radius 1 is 1.03 bits per heavy atom. The third-order valence-corrected chi connectivity index (χ3v) is 5.82. The van der Waals surface area contributed by atoms with Gasteiger partial charge in [0.25, 0.3) is 5.91 Å². The summed E-state index contributed by atoms with van der Waals surface area (Å²) in [6.45, 7) is 5.54. The van der Waals surface area contributed by atoms with Crippen LogP contribution in [-0.2, 0) is 14.8 Å². The zero-order valence-electron chi connectivity index (χ0n) is 17.3. The number of halogens is 3. The largest absolute Gasteiger partial charge is 0.435 e. The van der Waals surface area contributed by atoms with E-state index >= 15 is 0 Å². The summed E-state index contributed by atoms with van der Waals surface area (Å²) in [6.07, 6.45) is -3.72. The summed E-state index contributed by atoms with van der Waals surface area (Å²) < 4.78 is 63.6. The molecule has 0 radical (unpaired) electrons. The van der Waals surface area contributed by atoms with Gasteiger partial charge in [0.1, 0.15) is 0 Å². The number of benzene rings is 2. The standard InChI is InChI=1S/C21H21F3N4O3S/c1-3-27(4-2)15-7-5-14(6-8-15)13-18-19(21(22,23)24)26-28(20(18)29)16-9-11-17(12-10-16)32(25,30)31/h5-13H,3-4H2,1-2H3,(H2,25,30,31). The number of hydrazone groups is 1. The summed E-state index contributed by atoms with van der Waals surface area (Å²) >= 11 is 0. The van der Waals surface area contributed by atoms with E-state index in [1.807, 2.05) is 13.8 Å². The number of hydrogen-bond acceptors (Lipinski definition) is 5. The van der Waals surface area contributed by atoms with E-state index in [-0.39, 0.29) is 10.6 Å². The molecule has 0 atom stereocenters. The molecular formula is C21H21F3N4O3S. The topological polar surface area (TPSA) is 96.1 Å². The van der Waals surface area contributed by atoms with Crippen LogP contribution in [0.2, 0.25) is 0 Å². The highest BCUT2D eigenvalue weighted by Crippen LogP contribution is 2.33. The molecule has 170 valence electrons. The van der Waals surface area contributed by atoms with Gasteiger partial charge in [-0.25, -0.2) is 13.6 Å². The second-order valence-electron chi connectivity index (χ2n) is 6.92. The van der Waals surface area contributed by atoms with E-state index < -0.39 is 33.4 Å². The number of alkyl halides is 3. The number of hydrogen-bond donors (Lipinski definition) is 1. The Kier molecular flexibility index (Phi) is 6.42. The molecule has 0 spiro atoms. The Balaban J connectivity index is 1.98. The summed E-state index contributed by atoms with van der Waals surface area (Å²) in [4.78, 5) is 14.6. The zero-order valence-corrected chi connectivity index (χ0v) is 18.1. The minimum atomic E-state index is -4.86. The molecule has 0 bridgehead atoms. The molecule has 2 aromatic carbocycles. The molecule has 1 aliphatic heterocycles. The second kappa shape index (κ2) is 8.75. The lowest BCUT2D eigenvalue weighted by molar-refractivity contribution is -0.114. The summed E-state index contributed by atoms with van der Waals surface area (Å²) in [5.74, 6) is -0.978. The predicted octanol–water partition coefficient (Wildman–Crippen LogP) is 3.53. The Hall–Kier alpha value is -3.18. The molecule has 0 aliphatic carbocycles. The van der Waals surface area contributed by atoms with Crippen LogP contribution in [0.1, 0.15) is 19.4 Å². The summed E-state index contributed by atoms with van der Waals surface area (Å²) in [5, 5.41) is 9.08. The molecule has 0 aromatic heterocycles. The first kappa shape index (κ1) is 23.5. The summed E-state index contributed by atoms with van der Waals surface area (Å²) in [7, 11) is -3.99. The number of nitrogens with two attached hydrogens (primary N) is 1. The Bertz CT molecular complexity index is 1170. The highest BCUT2D eigenvalue weighted by molar-refractivity contribution is 7.89. The van der Waals surface area contributed by atoms with Crippen molar-refractivity contribution >= 4 is 39.1 Å². The first-order chi connectivity index (χ1) is 15.0. The van der Waals surface area contributed by atoms with Crippen LogP contribution in [0, 0.1) is 0 Å². The lowest BCUT2D eigenvalue weighted by Crippen LogP contribution is -2.25. The van der Waals surface area contributed by atoms with Gasteiger partial charge in [-0.1, -0.05) is 12.1 Å². The van der Waals surface area contributed by atoms with Gasteiger partial charge in [0.15, 0.2) is 5.71 Å².